The summed E-state index contributed by atoms with van der Waals surface area (Å²) in [5, 5.41) is 11.3. The number of aliphatic hydroxyl groups is 1. The van der Waals surface area contributed by atoms with Gasteiger partial charge in [-0.05, 0) is 31.2 Å². The Balaban J connectivity index is 2.45. The van der Waals surface area contributed by atoms with Crippen LogP contribution in [0, 0.1) is 17.2 Å². The van der Waals surface area contributed by atoms with Gasteiger partial charge in [-0.1, -0.05) is 44.9 Å². The quantitative estimate of drug-likeness (QED) is 0.885. The van der Waals surface area contributed by atoms with Crippen LogP contribution < -0.4 is 5.73 Å². The van der Waals surface area contributed by atoms with E-state index in [1.54, 1.807) is 18.2 Å². The van der Waals surface area contributed by atoms with Gasteiger partial charge in [-0.2, -0.15) is 0 Å². The molecule has 0 bridgehead atoms. The molecule has 3 heteroatoms. The van der Waals surface area contributed by atoms with Gasteiger partial charge in [0.25, 0.3) is 0 Å². The zero-order valence-electron chi connectivity index (χ0n) is 12.5. The Labute approximate surface area is 121 Å². The van der Waals surface area contributed by atoms with Gasteiger partial charge in [0.1, 0.15) is 5.82 Å². The van der Waals surface area contributed by atoms with Crippen LogP contribution in [0.3, 0.4) is 0 Å². The average Bonchev–Trinajstić information content (AvgIpc) is 2.48. The van der Waals surface area contributed by atoms with E-state index in [1.165, 1.54) is 6.07 Å². The molecule has 112 valence electrons. The normalized spacial score (nSPS) is 29.9. The van der Waals surface area contributed by atoms with Gasteiger partial charge < -0.3 is 10.8 Å². The van der Waals surface area contributed by atoms with E-state index in [2.05, 4.69) is 6.92 Å². The van der Waals surface area contributed by atoms with Crippen molar-refractivity contribution in [3.05, 3.63) is 35.6 Å². The topological polar surface area (TPSA) is 46.2 Å². The first-order chi connectivity index (χ1) is 9.49. The highest BCUT2D eigenvalue weighted by molar-refractivity contribution is 5.28. The molecule has 2 rings (SSSR count). The summed E-state index contributed by atoms with van der Waals surface area (Å²) in [7, 11) is 0. The molecule has 0 spiro atoms. The van der Waals surface area contributed by atoms with Gasteiger partial charge >= 0.3 is 0 Å². The van der Waals surface area contributed by atoms with Crippen molar-refractivity contribution in [2.45, 2.75) is 51.6 Å². The molecule has 1 unspecified atom stereocenters. The standard InChI is InChI=1S/C17H26FNO/c1-3-17(20,14-6-4-5-7-15(14)18)16(12-19)10-8-13(2)9-11-16/h4-7,13,20H,3,8-12,19H2,1-2H3. The lowest BCUT2D eigenvalue weighted by Gasteiger charge is -2.50. The van der Waals surface area contributed by atoms with Crippen molar-refractivity contribution in [3.8, 4) is 0 Å². The summed E-state index contributed by atoms with van der Waals surface area (Å²) < 4.78 is 14.2. The molecule has 20 heavy (non-hydrogen) atoms. The fraction of sp³-hybridized carbons (Fsp3) is 0.647. The third kappa shape index (κ3) is 2.38. The van der Waals surface area contributed by atoms with Crippen LogP contribution in [0.5, 0.6) is 0 Å². The molecule has 1 fully saturated rings. The molecule has 3 N–H and O–H groups in total. The van der Waals surface area contributed by atoms with Crippen molar-refractivity contribution >= 4 is 0 Å². The van der Waals surface area contributed by atoms with Gasteiger partial charge in [-0.15, -0.1) is 0 Å². The Hall–Kier alpha value is -0.930. The summed E-state index contributed by atoms with van der Waals surface area (Å²) in [6.07, 6.45) is 4.31. The van der Waals surface area contributed by atoms with Gasteiger partial charge in [0.15, 0.2) is 0 Å². The zero-order chi connectivity index (χ0) is 14.8. The van der Waals surface area contributed by atoms with Crippen LogP contribution in [0.1, 0.15) is 51.5 Å². The molecular weight excluding hydrogens is 253 g/mol. The van der Waals surface area contributed by atoms with E-state index in [0.717, 1.165) is 25.7 Å². The molecule has 0 heterocycles. The Kier molecular flexibility index (Phi) is 4.50. The van der Waals surface area contributed by atoms with Crippen molar-refractivity contribution in [1.29, 1.82) is 0 Å². The van der Waals surface area contributed by atoms with Crippen molar-refractivity contribution in [2.24, 2.45) is 17.1 Å². The minimum Gasteiger partial charge on any atom is -0.384 e. The van der Waals surface area contributed by atoms with Crippen LogP contribution in [0.2, 0.25) is 0 Å². The Morgan fingerprint density at radius 3 is 2.45 bits per heavy atom. The van der Waals surface area contributed by atoms with Crippen LogP contribution in [0.15, 0.2) is 24.3 Å². The first-order valence-electron chi connectivity index (χ1n) is 7.66. The lowest BCUT2D eigenvalue weighted by molar-refractivity contribution is -0.116. The summed E-state index contributed by atoms with van der Waals surface area (Å²) in [5.41, 5.74) is 4.88. The van der Waals surface area contributed by atoms with Crippen molar-refractivity contribution in [3.63, 3.8) is 0 Å². The monoisotopic (exact) mass is 279 g/mol. The number of nitrogens with two attached hydrogens (primary N) is 1. The lowest BCUT2D eigenvalue weighted by Crippen LogP contribution is -2.52. The fourth-order valence-corrected chi connectivity index (χ4v) is 3.75. The maximum Gasteiger partial charge on any atom is 0.129 e. The third-order valence-corrected chi connectivity index (χ3v) is 5.33. The second-order valence-electron chi connectivity index (χ2n) is 6.36. The molecule has 0 saturated heterocycles. The van der Waals surface area contributed by atoms with Crippen LogP contribution in [-0.2, 0) is 5.60 Å². The van der Waals surface area contributed by atoms with Gasteiger partial charge in [-0.25, -0.2) is 4.39 Å². The van der Waals surface area contributed by atoms with E-state index >= 15 is 0 Å². The van der Waals surface area contributed by atoms with E-state index in [4.69, 9.17) is 5.73 Å². The summed E-state index contributed by atoms with van der Waals surface area (Å²) >= 11 is 0. The molecule has 1 aromatic carbocycles. The van der Waals surface area contributed by atoms with Crippen LogP contribution in [0.25, 0.3) is 0 Å². The number of hydrogen-bond donors (Lipinski definition) is 2. The maximum absolute atomic E-state index is 14.2. The molecule has 1 aliphatic carbocycles. The summed E-state index contributed by atoms with van der Waals surface area (Å²) in [6, 6.07) is 6.57. The molecular formula is C17H26FNO. The van der Waals surface area contributed by atoms with Crippen LogP contribution in [-0.4, -0.2) is 11.7 Å². The van der Waals surface area contributed by atoms with Crippen molar-refractivity contribution in [2.75, 3.05) is 6.54 Å². The zero-order valence-corrected chi connectivity index (χ0v) is 12.5. The van der Waals surface area contributed by atoms with E-state index < -0.39 is 11.0 Å². The molecule has 1 aromatic rings. The minimum absolute atomic E-state index is 0.330. The summed E-state index contributed by atoms with van der Waals surface area (Å²) in [5.74, 6) is 0.333. The predicted molar refractivity (Wildman–Crippen MR) is 79.7 cm³/mol. The number of rotatable bonds is 4. The highest BCUT2D eigenvalue weighted by atomic mass is 19.1. The third-order valence-electron chi connectivity index (χ3n) is 5.33. The molecule has 1 aliphatic rings. The molecule has 0 aromatic heterocycles. The van der Waals surface area contributed by atoms with E-state index in [-0.39, 0.29) is 5.82 Å². The highest BCUT2D eigenvalue weighted by Gasteiger charge is 2.51. The number of hydrogen-bond acceptors (Lipinski definition) is 2. The molecule has 1 atom stereocenters. The van der Waals surface area contributed by atoms with Crippen LogP contribution in [0.4, 0.5) is 4.39 Å². The first kappa shape index (κ1) is 15.5. The van der Waals surface area contributed by atoms with Gasteiger partial charge in [0.05, 0.1) is 5.60 Å². The maximum atomic E-state index is 14.2. The van der Waals surface area contributed by atoms with Crippen molar-refractivity contribution in [1.82, 2.24) is 0 Å². The Morgan fingerprint density at radius 2 is 1.95 bits per heavy atom. The molecule has 2 nitrogen and oxygen atoms in total. The predicted octanol–water partition coefficient (Wildman–Crippen LogP) is 3.58. The molecule has 0 amide bonds. The van der Waals surface area contributed by atoms with Gasteiger partial charge in [-0.3, -0.25) is 0 Å². The molecule has 1 saturated carbocycles. The minimum atomic E-state index is -1.17. The molecule has 0 aliphatic heterocycles. The van der Waals surface area contributed by atoms with E-state index in [1.807, 2.05) is 6.92 Å². The van der Waals surface area contributed by atoms with Gasteiger partial charge in [0, 0.05) is 17.5 Å². The largest absolute Gasteiger partial charge is 0.384 e. The van der Waals surface area contributed by atoms with E-state index in [0.29, 0.717) is 24.4 Å². The van der Waals surface area contributed by atoms with E-state index in [9.17, 15) is 9.50 Å². The molecule has 0 radical (unpaired) electrons. The first-order valence-corrected chi connectivity index (χ1v) is 7.66. The second-order valence-corrected chi connectivity index (χ2v) is 6.36. The number of benzene rings is 1. The smallest absolute Gasteiger partial charge is 0.129 e. The number of halogens is 1. The second kappa shape index (κ2) is 5.82. The lowest BCUT2D eigenvalue weighted by atomic mass is 9.58. The fourth-order valence-electron chi connectivity index (χ4n) is 3.75. The van der Waals surface area contributed by atoms with Crippen molar-refractivity contribution < 1.29 is 9.50 Å². The summed E-state index contributed by atoms with van der Waals surface area (Å²) in [4.78, 5) is 0. The Morgan fingerprint density at radius 1 is 1.35 bits per heavy atom. The Bertz CT molecular complexity index is 454. The SMILES string of the molecule is CCC(O)(c1ccccc1F)C1(CN)CCC(C)CC1. The van der Waals surface area contributed by atoms with Gasteiger partial charge in [0.2, 0.25) is 0 Å². The average molecular weight is 279 g/mol. The summed E-state index contributed by atoms with van der Waals surface area (Å²) in [6.45, 7) is 4.55. The van der Waals surface area contributed by atoms with Crippen LogP contribution >= 0.6 is 0 Å². The highest BCUT2D eigenvalue weighted by Crippen LogP contribution is 2.52.